The highest BCUT2D eigenvalue weighted by Crippen LogP contribution is 2.32. The van der Waals surface area contributed by atoms with Crippen LogP contribution in [0.3, 0.4) is 0 Å². The van der Waals surface area contributed by atoms with Crippen molar-refractivity contribution in [2.24, 2.45) is 0 Å². The summed E-state index contributed by atoms with van der Waals surface area (Å²) in [6.45, 7) is 0. The van der Waals surface area contributed by atoms with Gasteiger partial charge in [-0.05, 0) is 36.8 Å². The second-order valence-corrected chi connectivity index (χ2v) is 4.90. The van der Waals surface area contributed by atoms with Crippen LogP contribution in [0.4, 0.5) is 0 Å². The van der Waals surface area contributed by atoms with Crippen LogP contribution in [0.15, 0.2) is 42.6 Å². The molecular weight excluding hydrogens is 262 g/mol. The van der Waals surface area contributed by atoms with Gasteiger partial charge in [0.15, 0.2) is 5.78 Å². The SMILES string of the molecule is O=C1CCC(Oc2cccc(Cl)c2)c2ncccc21. The Morgan fingerprint density at radius 1 is 1.26 bits per heavy atom. The number of hydrogen-bond acceptors (Lipinski definition) is 3. The molecule has 0 saturated heterocycles. The molecule has 0 aliphatic heterocycles. The summed E-state index contributed by atoms with van der Waals surface area (Å²) in [5.74, 6) is 0.831. The maximum atomic E-state index is 11.8. The summed E-state index contributed by atoms with van der Waals surface area (Å²) in [6, 6.07) is 10.8. The van der Waals surface area contributed by atoms with E-state index in [9.17, 15) is 4.79 Å². The minimum atomic E-state index is -0.188. The van der Waals surface area contributed by atoms with Crippen molar-refractivity contribution in [2.75, 3.05) is 0 Å². The van der Waals surface area contributed by atoms with Gasteiger partial charge >= 0.3 is 0 Å². The second kappa shape index (κ2) is 5.02. The second-order valence-electron chi connectivity index (χ2n) is 4.46. The van der Waals surface area contributed by atoms with Crippen LogP contribution in [-0.4, -0.2) is 10.8 Å². The highest BCUT2D eigenvalue weighted by molar-refractivity contribution is 6.30. The van der Waals surface area contributed by atoms with E-state index in [1.807, 2.05) is 12.1 Å². The summed E-state index contributed by atoms with van der Waals surface area (Å²) in [5, 5.41) is 0.630. The Morgan fingerprint density at radius 2 is 2.16 bits per heavy atom. The van der Waals surface area contributed by atoms with Crippen molar-refractivity contribution in [3.8, 4) is 5.75 Å². The van der Waals surface area contributed by atoms with Crippen molar-refractivity contribution >= 4 is 17.4 Å². The highest BCUT2D eigenvalue weighted by Gasteiger charge is 2.28. The molecule has 2 aromatic rings. The van der Waals surface area contributed by atoms with Crippen molar-refractivity contribution in [1.82, 2.24) is 4.98 Å². The molecule has 1 aliphatic rings. The number of halogens is 1. The van der Waals surface area contributed by atoms with Gasteiger partial charge in [0.05, 0.1) is 5.69 Å². The smallest absolute Gasteiger partial charge is 0.165 e. The molecule has 1 aromatic heterocycles. The average Bonchev–Trinajstić information content (AvgIpc) is 2.42. The molecule has 1 aromatic carbocycles. The number of hydrogen-bond donors (Lipinski definition) is 0. The normalized spacial score (nSPS) is 17.9. The molecule has 1 unspecified atom stereocenters. The number of aromatic nitrogens is 1. The van der Waals surface area contributed by atoms with E-state index in [-0.39, 0.29) is 11.9 Å². The third-order valence-corrected chi connectivity index (χ3v) is 3.39. The number of carbonyl (C=O) groups excluding carboxylic acids is 1. The molecule has 0 amide bonds. The van der Waals surface area contributed by atoms with Crippen LogP contribution >= 0.6 is 11.6 Å². The van der Waals surface area contributed by atoms with E-state index in [1.165, 1.54) is 0 Å². The van der Waals surface area contributed by atoms with Crippen LogP contribution in [-0.2, 0) is 0 Å². The number of rotatable bonds is 2. The molecule has 0 N–H and O–H groups in total. The zero-order valence-electron chi connectivity index (χ0n) is 10.2. The lowest BCUT2D eigenvalue weighted by Crippen LogP contribution is -2.21. The van der Waals surface area contributed by atoms with E-state index in [0.29, 0.717) is 29.2 Å². The number of ketones is 1. The number of nitrogens with zero attached hydrogens (tertiary/aromatic N) is 1. The average molecular weight is 274 g/mol. The maximum Gasteiger partial charge on any atom is 0.165 e. The summed E-state index contributed by atoms with van der Waals surface area (Å²) < 4.78 is 5.91. The van der Waals surface area contributed by atoms with Crippen molar-refractivity contribution < 1.29 is 9.53 Å². The Bertz CT molecular complexity index is 627. The largest absolute Gasteiger partial charge is 0.484 e. The topological polar surface area (TPSA) is 39.2 Å². The first-order valence-electron chi connectivity index (χ1n) is 6.14. The molecule has 1 atom stereocenters. The summed E-state index contributed by atoms with van der Waals surface area (Å²) in [4.78, 5) is 16.1. The van der Waals surface area contributed by atoms with Gasteiger partial charge in [-0.1, -0.05) is 17.7 Å². The molecule has 3 rings (SSSR count). The number of ether oxygens (including phenoxy) is 1. The molecule has 96 valence electrons. The summed E-state index contributed by atoms with van der Waals surface area (Å²) >= 11 is 5.94. The first-order chi connectivity index (χ1) is 9.24. The zero-order chi connectivity index (χ0) is 13.2. The van der Waals surface area contributed by atoms with Gasteiger partial charge in [0.1, 0.15) is 11.9 Å². The maximum absolute atomic E-state index is 11.8. The van der Waals surface area contributed by atoms with Crippen molar-refractivity contribution in [3.05, 3.63) is 58.9 Å². The third kappa shape index (κ3) is 2.47. The third-order valence-electron chi connectivity index (χ3n) is 3.15. The van der Waals surface area contributed by atoms with Crippen LogP contribution in [0.1, 0.15) is 35.0 Å². The fourth-order valence-electron chi connectivity index (χ4n) is 2.26. The van der Waals surface area contributed by atoms with Gasteiger partial charge in [0, 0.05) is 23.2 Å². The van der Waals surface area contributed by atoms with Gasteiger partial charge in [-0.15, -0.1) is 0 Å². The minimum absolute atomic E-state index is 0.133. The first kappa shape index (κ1) is 12.2. The van der Waals surface area contributed by atoms with Gasteiger partial charge < -0.3 is 4.74 Å². The Morgan fingerprint density at radius 3 is 3.00 bits per heavy atom. The fraction of sp³-hybridized carbons (Fsp3) is 0.200. The number of pyridine rings is 1. The number of benzene rings is 1. The molecule has 0 fully saturated rings. The summed E-state index contributed by atoms with van der Waals surface area (Å²) in [5.41, 5.74) is 1.39. The zero-order valence-corrected chi connectivity index (χ0v) is 10.9. The molecule has 4 heteroatoms. The lowest BCUT2D eigenvalue weighted by Gasteiger charge is -2.24. The molecular formula is C15H12ClNO2. The van der Waals surface area contributed by atoms with Crippen molar-refractivity contribution in [2.45, 2.75) is 18.9 Å². The molecule has 0 saturated carbocycles. The van der Waals surface area contributed by atoms with E-state index in [1.54, 1.807) is 30.5 Å². The van der Waals surface area contributed by atoms with Gasteiger partial charge in [-0.25, -0.2) is 0 Å². The van der Waals surface area contributed by atoms with E-state index < -0.39 is 0 Å². The van der Waals surface area contributed by atoms with Crippen LogP contribution in [0, 0.1) is 0 Å². The fourth-order valence-corrected chi connectivity index (χ4v) is 2.44. The van der Waals surface area contributed by atoms with E-state index >= 15 is 0 Å². The molecule has 0 spiro atoms. The molecule has 1 aliphatic carbocycles. The van der Waals surface area contributed by atoms with Crippen molar-refractivity contribution in [1.29, 1.82) is 0 Å². The lowest BCUT2D eigenvalue weighted by atomic mass is 9.92. The number of fused-ring (bicyclic) bond motifs is 1. The molecule has 0 radical (unpaired) electrons. The number of Topliss-reactive ketones (excluding diaryl/α,β-unsaturated/α-hetero) is 1. The molecule has 0 bridgehead atoms. The van der Waals surface area contributed by atoms with Gasteiger partial charge in [0.25, 0.3) is 0 Å². The quantitative estimate of drug-likeness (QED) is 0.835. The van der Waals surface area contributed by atoms with Crippen LogP contribution in [0.2, 0.25) is 5.02 Å². The Kier molecular flexibility index (Phi) is 3.22. The van der Waals surface area contributed by atoms with Gasteiger partial charge in [-0.2, -0.15) is 0 Å². The predicted molar refractivity (Wildman–Crippen MR) is 72.6 cm³/mol. The molecule has 1 heterocycles. The first-order valence-corrected chi connectivity index (χ1v) is 6.52. The molecule has 19 heavy (non-hydrogen) atoms. The van der Waals surface area contributed by atoms with Crippen molar-refractivity contribution in [3.63, 3.8) is 0 Å². The Balaban J connectivity index is 1.91. The predicted octanol–water partition coefficient (Wildman–Crippen LogP) is 3.83. The number of carbonyl (C=O) groups is 1. The van der Waals surface area contributed by atoms with Crippen LogP contribution < -0.4 is 4.74 Å². The van der Waals surface area contributed by atoms with E-state index in [2.05, 4.69) is 4.98 Å². The standard InChI is InChI=1S/C15H12ClNO2/c16-10-3-1-4-11(9-10)19-14-7-6-13(18)12-5-2-8-17-15(12)14/h1-5,8-9,14H,6-7H2. The van der Waals surface area contributed by atoms with E-state index in [0.717, 1.165) is 5.69 Å². The Hall–Kier alpha value is -1.87. The summed E-state index contributed by atoms with van der Waals surface area (Å²) in [6.07, 6.45) is 2.64. The van der Waals surface area contributed by atoms with Gasteiger partial charge in [0.2, 0.25) is 0 Å². The van der Waals surface area contributed by atoms with Crippen LogP contribution in [0.25, 0.3) is 0 Å². The lowest BCUT2D eigenvalue weighted by molar-refractivity contribution is 0.0915. The summed E-state index contributed by atoms with van der Waals surface area (Å²) in [7, 11) is 0. The minimum Gasteiger partial charge on any atom is -0.484 e. The monoisotopic (exact) mass is 273 g/mol. The van der Waals surface area contributed by atoms with Gasteiger partial charge in [-0.3, -0.25) is 9.78 Å². The Labute approximate surface area is 116 Å². The van der Waals surface area contributed by atoms with Crippen LogP contribution in [0.5, 0.6) is 5.75 Å². The molecule has 3 nitrogen and oxygen atoms in total. The highest BCUT2D eigenvalue weighted by atomic mass is 35.5. The van der Waals surface area contributed by atoms with E-state index in [4.69, 9.17) is 16.3 Å².